The Hall–Kier alpha value is -3.66. The van der Waals surface area contributed by atoms with Gasteiger partial charge >= 0.3 is 0 Å². The number of anilines is 1. The van der Waals surface area contributed by atoms with Crippen LogP contribution < -0.4 is 4.90 Å². The molecule has 0 saturated heterocycles. The molecular weight excluding hydrogens is 370 g/mol. The first-order valence-corrected chi connectivity index (χ1v) is 10.2. The van der Waals surface area contributed by atoms with Crippen molar-refractivity contribution in [3.8, 4) is 11.4 Å². The number of carbonyl (C=O) groups excluding carboxylic acids is 1. The number of fused-ring (bicyclic) bond motifs is 2. The Morgan fingerprint density at radius 2 is 1.87 bits per heavy atom. The summed E-state index contributed by atoms with van der Waals surface area (Å²) in [5.74, 6) is 0.980. The third-order valence-electron chi connectivity index (χ3n) is 5.67. The molecule has 0 atom stereocenters. The van der Waals surface area contributed by atoms with Crippen LogP contribution in [0.5, 0.6) is 0 Å². The molecule has 5 rings (SSSR count). The number of hydrogen-bond donors (Lipinski definition) is 1. The van der Waals surface area contributed by atoms with Gasteiger partial charge in [-0.05, 0) is 65.6 Å². The fourth-order valence-corrected chi connectivity index (χ4v) is 3.94. The van der Waals surface area contributed by atoms with Gasteiger partial charge in [0.25, 0.3) is 0 Å². The van der Waals surface area contributed by atoms with Gasteiger partial charge in [0.15, 0.2) is 5.78 Å². The highest BCUT2D eigenvalue weighted by Crippen LogP contribution is 2.27. The molecule has 1 aliphatic carbocycles. The van der Waals surface area contributed by atoms with E-state index >= 15 is 0 Å². The summed E-state index contributed by atoms with van der Waals surface area (Å²) in [6.45, 7) is 0. The van der Waals surface area contributed by atoms with E-state index in [1.807, 2.05) is 61.5 Å². The number of Topliss-reactive ketones (excluding diaryl/α,β-unsaturated/α-hetero) is 1. The van der Waals surface area contributed by atoms with Gasteiger partial charge in [-0.25, -0.2) is 4.98 Å². The van der Waals surface area contributed by atoms with E-state index in [-0.39, 0.29) is 5.78 Å². The van der Waals surface area contributed by atoms with Crippen molar-refractivity contribution in [2.24, 2.45) is 0 Å². The lowest BCUT2D eigenvalue weighted by Crippen LogP contribution is -2.09. The quantitative estimate of drug-likeness (QED) is 0.469. The summed E-state index contributed by atoms with van der Waals surface area (Å²) in [7, 11) is 3.98. The predicted octanol–water partition coefficient (Wildman–Crippen LogP) is 5.29. The van der Waals surface area contributed by atoms with Crippen molar-refractivity contribution in [3.05, 3.63) is 89.0 Å². The first-order valence-electron chi connectivity index (χ1n) is 10.2. The first-order chi connectivity index (χ1) is 14.6. The minimum absolute atomic E-state index is 0.116. The molecule has 0 bridgehead atoms. The van der Waals surface area contributed by atoms with Crippen LogP contribution in [0.2, 0.25) is 0 Å². The van der Waals surface area contributed by atoms with Crippen molar-refractivity contribution >= 4 is 28.6 Å². The fraction of sp³-hybridized carbons (Fsp3) is 0.154. The summed E-state index contributed by atoms with van der Waals surface area (Å²) in [5, 5.41) is 0. The number of nitrogens with zero attached hydrogens (tertiary/aromatic N) is 2. The molecule has 0 spiro atoms. The second kappa shape index (κ2) is 7.30. The molecule has 1 heterocycles. The van der Waals surface area contributed by atoms with E-state index in [0.717, 1.165) is 45.7 Å². The number of allylic oxidation sites excluding steroid dienone is 1. The van der Waals surface area contributed by atoms with Crippen molar-refractivity contribution in [2.45, 2.75) is 12.8 Å². The summed E-state index contributed by atoms with van der Waals surface area (Å²) in [4.78, 5) is 22.9. The second-order valence-electron chi connectivity index (χ2n) is 8.00. The summed E-state index contributed by atoms with van der Waals surface area (Å²) < 4.78 is 0. The van der Waals surface area contributed by atoms with Gasteiger partial charge in [0.05, 0.1) is 11.0 Å². The molecule has 0 amide bonds. The van der Waals surface area contributed by atoms with E-state index in [0.29, 0.717) is 6.42 Å². The predicted molar refractivity (Wildman–Crippen MR) is 123 cm³/mol. The number of nitrogens with one attached hydrogen (secondary N) is 1. The SMILES string of the molecule is CN(C)c1ccc(C(=O)Cc2ccc3nc(-c4ccc5c(c4)CC=C5)[nH]c3c2)cc1. The molecule has 0 unspecified atom stereocenters. The minimum atomic E-state index is 0.116. The molecule has 0 saturated carbocycles. The first kappa shape index (κ1) is 18.4. The maximum absolute atomic E-state index is 12.7. The molecule has 0 aliphatic heterocycles. The fourth-order valence-electron chi connectivity index (χ4n) is 3.94. The van der Waals surface area contributed by atoms with E-state index in [1.54, 1.807) is 0 Å². The van der Waals surface area contributed by atoms with Gasteiger partial charge in [0.2, 0.25) is 0 Å². The topological polar surface area (TPSA) is 49.0 Å². The molecule has 1 aliphatic rings. The molecule has 1 N–H and O–H groups in total. The van der Waals surface area contributed by atoms with Gasteiger partial charge in [-0.15, -0.1) is 0 Å². The average molecular weight is 393 g/mol. The molecule has 0 fully saturated rings. The molecule has 4 heteroatoms. The van der Waals surface area contributed by atoms with Gasteiger partial charge in [-0.2, -0.15) is 0 Å². The highest BCUT2D eigenvalue weighted by Gasteiger charge is 2.12. The molecule has 4 aromatic rings. The highest BCUT2D eigenvalue weighted by atomic mass is 16.1. The molecule has 30 heavy (non-hydrogen) atoms. The number of aromatic nitrogens is 2. The number of benzene rings is 3. The van der Waals surface area contributed by atoms with Crippen molar-refractivity contribution in [1.82, 2.24) is 9.97 Å². The van der Waals surface area contributed by atoms with Crippen LogP contribution in [0.1, 0.15) is 27.0 Å². The van der Waals surface area contributed by atoms with Crippen LogP contribution in [-0.2, 0) is 12.8 Å². The van der Waals surface area contributed by atoms with Gasteiger partial charge in [-0.1, -0.05) is 30.4 Å². The highest BCUT2D eigenvalue weighted by molar-refractivity contribution is 5.98. The Labute approximate surface area is 175 Å². The normalized spacial score (nSPS) is 12.3. The van der Waals surface area contributed by atoms with Crippen LogP contribution in [0.15, 0.2) is 66.7 Å². The third-order valence-corrected chi connectivity index (χ3v) is 5.67. The Morgan fingerprint density at radius 3 is 2.67 bits per heavy atom. The Bertz CT molecular complexity index is 1280. The lowest BCUT2D eigenvalue weighted by atomic mass is 10.0. The Morgan fingerprint density at radius 1 is 1.03 bits per heavy atom. The van der Waals surface area contributed by atoms with Crippen molar-refractivity contribution < 1.29 is 4.79 Å². The molecule has 0 radical (unpaired) electrons. The van der Waals surface area contributed by atoms with E-state index < -0.39 is 0 Å². The number of hydrogen-bond acceptors (Lipinski definition) is 3. The zero-order valence-corrected chi connectivity index (χ0v) is 17.1. The number of H-pyrrole nitrogens is 1. The number of imidazole rings is 1. The Balaban J connectivity index is 1.38. The number of aromatic amines is 1. The van der Waals surface area contributed by atoms with E-state index in [1.165, 1.54) is 11.1 Å². The maximum Gasteiger partial charge on any atom is 0.167 e. The second-order valence-corrected chi connectivity index (χ2v) is 8.00. The smallest absolute Gasteiger partial charge is 0.167 e. The Kier molecular flexibility index (Phi) is 4.47. The van der Waals surface area contributed by atoms with Crippen LogP contribution in [0.25, 0.3) is 28.5 Å². The summed E-state index contributed by atoms with van der Waals surface area (Å²) in [6, 6.07) is 20.2. The van der Waals surface area contributed by atoms with Gasteiger partial charge in [0.1, 0.15) is 5.82 Å². The van der Waals surface area contributed by atoms with Crippen LogP contribution in [0.3, 0.4) is 0 Å². The van der Waals surface area contributed by atoms with Gasteiger partial charge in [0, 0.05) is 37.3 Å². The van der Waals surface area contributed by atoms with E-state index in [9.17, 15) is 4.79 Å². The van der Waals surface area contributed by atoms with Crippen LogP contribution in [-0.4, -0.2) is 29.8 Å². The minimum Gasteiger partial charge on any atom is -0.378 e. The summed E-state index contributed by atoms with van der Waals surface area (Å²) in [6.07, 6.45) is 5.70. The molecule has 148 valence electrons. The molecule has 1 aromatic heterocycles. The zero-order valence-electron chi connectivity index (χ0n) is 17.1. The third kappa shape index (κ3) is 3.41. The average Bonchev–Trinajstić information content (AvgIpc) is 3.39. The molecule has 3 aromatic carbocycles. The molecular formula is C26H23N3O. The van der Waals surface area contributed by atoms with Crippen molar-refractivity contribution in [1.29, 1.82) is 0 Å². The summed E-state index contributed by atoms with van der Waals surface area (Å²) >= 11 is 0. The lowest BCUT2D eigenvalue weighted by Gasteiger charge is -2.12. The van der Waals surface area contributed by atoms with Crippen LogP contribution in [0.4, 0.5) is 5.69 Å². The number of carbonyl (C=O) groups is 1. The van der Waals surface area contributed by atoms with Crippen molar-refractivity contribution in [2.75, 3.05) is 19.0 Å². The van der Waals surface area contributed by atoms with Gasteiger partial charge in [-0.3, -0.25) is 4.79 Å². The lowest BCUT2D eigenvalue weighted by molar-refractivity contribution is 0.0993. The maximum atomic E-state index is 12.7. The van der Waals surface area contributed by atoms with Crippen molar-refractivity contribution in [3.63, 3.8) is 0 Å². The van der Waals surface area contributed by atoms with Crippen LogP contribution >= 0.6 is 0 Å². The largest absolute Gasteiger partial charge is 0.378 e. The number of ketones is 1. The standard InChI is InChI=1S/C26H23N3O/c1-29(2)22-11-9-19(10-12-22)25(30)15-17-6-13-23-24(14-17)28-26(27-23)21-8-7-18-4-3-5-20(18)16-21/h3-4,6-14,16H,5,15H2,1-2H3,(H,27,28). The van der Waals surface area contributed by atoms with Gasteiger partial charge < -0.3 is 9.88 Å². The van der Waals surface area contributed by atoms with Crippen LogP contribution in [0, 0.1) is 0 Å². The number of rotatable bonds is 5. The zero-order chi connectivity index (χ0) is 20.7. The van der Waals surface area contributed by atoms with E-state index in [2.05, 4.69) is 35.3 Å². The molecule has 4 nitrogen and oxygen atoms in total. The van der Waals surface area contributed by atoms with E-state index in [4.69, 9.17) is 4.98 Å². The monoisotopic (exact) mass is 393 g/mol. The summed E-state index contributed by atoms with van der Waals surface area (Å²) in [5.41, 5.74) is 8.38.